The van der Waals surface area contributed by atoms with Crippen LogP contribution in [0.15, 0.2) is 12.3 Å². The first-order valence-corrected chi connectivity index (χ1v) is 7.58. The number of hydrogen-bond acceptors (Lipinski definition) is 5. The molecule has 3 N–H and O–H groups in total. The van der Waals surface area contributed by atoms with E-state index in [4.69, 9.17) is 15.6 Å². The second-order valence-corrected chi connectivity index (χ2v) is 6.13. The van der Waals surface area contributed by atoms with Gasteiger partial charge in [0.15, 0.2) is 12.0 Å². The molecule has 3 heterocycles. The maximum absolute atomic E-state index is 13.9. The number of rotatable bonds is 2. The average Bonchev–Trinajstić information content (AvgIpc) is 2.83. The summed E-state index contributed by atoms with van der Waals surface area (Å²) < 4.78 is 46.7. The summed E-state index contributed by atoms with van der Waals surface area (Å²) in [5.74, 6) is -0.856. The normalized spacial score (nSPS) is 19.7. The molecule has 9 heteroatoms. The van der Waals surface area contributed by atoms with Crippen LogP contribution >= 0.6 is 0 Å². The summed E-state index contributed by atoms with van der Waals surface area (Å²) in [7, 11) is 0. The highest BCUT2D eigenvalue weighted by Crippen LogP contribution is 2.34. The van der Waals surface area contributed by atoms with E-state index in [1.54, 1.807) is 0 Å². The molecule has 2 unspecified atom stereocenters. The van der Waals surface area contributed by atoms with E-state index in [0.29, 0.717) is 6.61 Å². The lowest BCUT2D eigenvalue weighted by atomic mass is 10.0. The van der Waals surface area contributed by atoms with Gasteiger partial charge in [-0.25, -0.2) is 22.7 Å². The van der Waals surface area contributed by atoms with Crippen molar-refractivity contribution in [3.8, 4) is 0 Å². The Balaban J connectivity index is 0.000000249. The Morgan fingerprint density at radius 2 is 2.21 bits per heavy atom. The van der Waals surface area contributed by atoms with Crippen LogP contribution in [0.5, 0.6) is 0 Å². The molecule has 0 aromatic carbocycles. The number of aliphatic hydroxyl groups is 1. The monoisotopic (exact) mass is 346 g/mol. The Labute approximate surface area is 137 Å². The number of anilines is 1. The first-order valence-electron chi connectivity index (χ1n) is 7.58. The van der Waals surface area contributed by atoms with Crippen molar-refractivity contribution in [2.24, 2.45) is 0 Å². The van der Waals surface area contributed by atoms with E-state index in [-0.39, 0.29) is 23.3 Å². The fourth-order valence-electron chi connectivity index (χ4n) is 2.24. The molecule has 0 spiro atoms. The van der Waals surface area contributed by atoms with E-state index >= 15 is 0 Å². The highest BCUT2D eigenvalue weighted by atomic mass is 19.2. The Morgan fingerprint density at radius 3 is 2.71 bits per heavy atom. The molecule has 0 saturated carbocycles. The molecule has 6 nitrogen and oxygen atoms in total. The predicted molar refractivity (Wildman–Crippen MR) is 82.5 cm³/mol. The zero-order chi connectivity index (χ0) is 17.9. The van der Waals surface area contributed by atoms with Crippen LogP contribution in [-0.2, 0) is 4.74 Å². The molecule has 0 amide bonds. The SMILES string of the molecule is CC(C)(F)C(F)c1cc(F)c2cnc(N)nn12.OC1CCCOC1. The van der Waals surface area contributed by atoms with Gasteiger partial charge in [-0.2, -0.15) is 0 Å². The summed E-state index contributed by atoms with van der Waals surface area (Å²) in [6, 6.07) is 0.898. The van der Waals surface area contributed by atoms with Crippen molar-refractivity contribution in [2.45, 2.75) is 44.6 Å². The molecule has 0 bridgehead atoms. The van der Waals surface area contributed by atoms with Crippen LogP contribution < -0.4 is 5.73 Å². The van der Waals surface area contributed by atoms with Gasteiger partial charge in [0.05, 0.1) is 24.6 Å². The zero-order valence-electron chi connectivity index (χ0n) is 13.5. The first kappa shape index (κ1) is 18.5. The number of ether oxygens (including phenoxy) is 1. The third-order valence-corrected chi connectivity index (χ3v) is 3.51. The number of hydrogen-bond donors (Lipinski definition) is 2. The number of alkyl halides is 2. The summed E-state index contributed by atoms with van der Waals surface area (Å²) in [6.45, 7) is 3.51. The van der Waals surface area contributed by atoms with Crippen molar-refractivity contribution < 1.29 is 23.0 Å². The molecule has 0 aliphatic carbocycles. The van der Waals surface area contributed by atoms with Crippen molar-refractivity contribution in [1.82, 2.24) is 14.6 Å². The van der Waals surface area contributed by atoms with E-state index in [1.165, 1.54) is 0 Å². The number of nitrogens with two attached hydrogens (primary N) is 1. The van der Waals surface area contributed by atoms with Gasteiger partial charge in [0, 0.05) is 12.7 Å². The number of aromatic nitrogens is 3. The Bertz CT molecular complexity index is 681. The van der Waals surface area contributed by atoms with Crippen LogP contribution in [-0.4, -0.2) is 44.7 Å². The van der Waals surface area contributed by atoms with E-state index in [0.717, 1.165) is 50.1 Å². The van der Waals surface area contributed by atoms with E-state index in [2.05, 4.69) is 10.1 Å². The second-order valence-electron chi connectivity index (χ2n) is 6.13. The van der Waals surface area contributed by atoms with Crippen molar-refractivity contribution >= 4 is 11.5 Å². The van der Waals surface area contributed by atoms with Crippen LogP contribution in [0.3, 0.4) is 0 Å². The molecule has 1 aliphatic rings. The lowest BCUT2D eigenvalue weighted by molar-refractivity contribution is -0.00535. The molecular formula is C15H21F3N4O2. The van der Waals surface area contributed by atoms with Gasteiger partial charge in [0.1, 0.15) is 11.2 Å². The van der Waals surface area contributed by atoms with Crippen LogP contribution in [0.25, 0.3) is 5.52 Å². The van der Waals surface area contributed by atoms with Gasteiger partial charge in [0.2, 0.25) is 5.95 Å². The van der Waals surface area contributed by atoms with Crippen molar-refractivity contribution in [1.29, 1.82) is 0 Å². The maximum atomic E-state index is 13.9. The van der Waals surface area contributed by atoms with Gasteiger partial charge in [-0.3, -0.25) is 0 Å². The minimum atomic E-state index is -2.14. The minimum absolute atomic E-state index is 0.0406. The molecule has 24 heavy (non-hydrogen) atoms. The average molecular weight is 346 g/mol. The fourth-order valence-corrected chi connectivity index (χ4v) is 2.24. The van der Waals surface area contributed by atoms with Crippen molar-refractivity contribution in [3.63, 3.8) is 0 Å². The lowest BCUT2D eigenvalue weighted by Gasteiger charge is -2.18. The van der Waals surface area contributed by atoms with Gasteiger partial charge < -0.3 is 15.6 Å². The fraction of sp³-hybridized carbons (Fsp3) is 0.600. The third-order valence-electron chi connectivity index (χ3n) is 3.51. The number of nitrogen functional groups attached to an aromatic ring is 1. The van der Waals surface area contributed by atoms with E-state index < -0.39 is 17.7 Å². The molecule has 1 fully saturated rings. The summed E-state index contributed by atoms with van der Waals surface area (Å²) >= 11 is 0. The van der Waals surface area contributed by atoms with Crippen LogP contribution in [0.4, 0.5) is 19.1 Å². The molecule has 2 atom stereocenters. The number of halogens is 3. The molecule has 3 rings (SSSR count). The number of nitrogens with zero attached hydrogens (tertiary/aromatic N) is 3. The maximum Gasteiger partial charge on any atom is 0.238 e. The summed E-state index contributed by atoms with van der Waals surface area (Å²) in [6.07, 6.45) is 0.864. The van der Waals surface area contributed by atoms with Crippen LogP contribution in [0.2, 0.25) is 0 Å². The van der Waals surface area contributed by atoms with Crippen LogP contribution in [0.1, 0.15) is 38.6 Å². The van der Waals surface area contributed by atoms with Crippen molar-refractivity contribution in [3.05, 3.63) is 23.8 Å². The van der Waals surface area contributed by atoms with Gasteiger partial charge in [0.25, 0.3) is 0 Å². The molecule has 1 saturated heterocycles. The van der Waals surface area contributed by atoms with Crippen molar-refractivity contribution in [2.75, 3.05) is 18.9 Å². The lowest BCUT2D eigenvalue weighted by Crippen LogP contribution is -2.22. The van der Waals surface area contributed by atoms with Crippen LogP contribution in [0, 0.1) is 5.82 Å². The zero-order valence-corrected chi connectivity index (χ0v) is 13.5. The molecule has 2 aromatic rings. The first-order chi connectivity index (χ1) is 11.2. The quantitative estimate of drug-likeness (QED) is 0.872. The summed E-state index contributed by atoms with van der Waals surface area (Å²) in [5, 5.41) is 12.5. The molecule has 0 radical (unpaired) electrons. The highest BCUT2D eigenvalue weighted by Gasteiger charge is 2.34. The standard InChI is InChI=1S/C10H11F3N4.C5H10O2/c1-10(2,13)8(12)6-3-5(11)7-4-15-9(14)16-17(6)7;6-5-2-1-3-7-4-5/h3-4,8H,1-2H3,(H2,14,16);5-6H,1-4H2. The molecule has 134 valence electrons. The molecular weight excluding hydrogens is 325 g/mol. The number of fused-ring (bicyclic) bond motifs is 1. The largest absolute Gasteiger partial charge is 0.391 e. The van der Waals surface area contributed by atoms with Gasteiger partial charge in [-0.15, -0.1) is 5.10 Å². The third kappa shape index (κ3) is 4.35. The van der Waals surface area contributed by atoms with E-state index in [9.17, 15) is 13.2 Å². The summed E-state index contributed by atoms with van der Waals surface area (Å²) in [5.41, 5.74) is 2.93. The number of aliphatic hydroxyl groups excluding tert-OH is 1. The highest BCUT2D eigenvalue weighted by molar-refractivity contribution is 5.49. The topological polar surface area (TPSA) is 85.7 Å². The Kier molecular flexibility index (Phi) is 5.66. The minimum Gasteiger partial charge on any atom is -0.391 e. The summed E-state index contributed by atoms with van der Waals surface area (Å²) in [4.78, 5) is 3.59. The predicted octanol–water partition coefficient (Wildman–Crippen LogP) is 2.37. The molecule has 1 aliphatic heterocycles. The Hall–Kier alpha value is -1.87. The van der Waals surface area contributed by atoms with Gasteiger partial charge in [-0.05, 0) is 26.7 Å². The van der Waals surface area contributed by atoms with Gasteiger partial charge >= 0.3 is 0 Å². The second kappa shape index (κ2) is 7.35. The molecule has 2 aromatic heterocycles. The van der Waals surface area contributed by atoms with Gasteiger partial charge in [-0.1, -0.05) is 0 Å². The Morgan fingerprint density at radius 1 is 1.50 bits per heavy atom. The van der Waals surface area contributed by atoms with E-state index in [1.807, 2.05) is 0 Å². The smallest absolute Gasteiger partial charge is 0.238 e.